The fourth-order valence-electron chi connectivity index (χ4n) is 8.25. The third-order valence-electron chi connectivity index (χ3n) is 9.94. The Morgan fingerprint density at radius 1 is 0.903 bits per heavy atom. The average molecular weight is 431 g/mol. The van der Waals surface area contributed by atoms with Crippen molar-refractivity contribution in [2.75, 3.05) is 0 Å². The molecule has 0 amide bonds. The Balaban J connectivity index is 1.26. The van der Waals surface area contributed by atoms with E-state index in [1.807, 2.05) is 0 Å². The molecule has 0 aromatic carbocycles. The summed E-state index contributed by atoms with van der Waals surface area (Å²) in [6.45, 7) is 4.68. The van der Waals surface area contributed by atoms with Gasteiger partial charge in [-0.15, -0.1) is 0 Å². The number of Topliss-reactive ketones (excluding diaryl/α,β-unsaturated/α-hetero) is 1. The minimum atomic E-state index is 0.0528. The number of esters is 1. The fourth-order valence-corrected chi connectivity index (χ4v) is 8.25. The summed E-state index contributed by atoms with van der Waals surface area (Å²) in [5.74, 6) is 4.38. The predicted octanol–water partition coefficient (Wildman–Crippen LogP) is 7.26. The van der Waals surface area contributed by atoms with E-state index >= 15 is 0 Å². The summed E-state index contributed by atoms with van der Waals surface area (Å²) >= 11 is 0. The first-order valence-corrected chi connectivity index (χ1v) is 13.7. The molecule has 0 saturated heterocycles. The van der Waals surface area contributed by atoms with E-state index in [-0.39, 0.29) is 17.5 Å². The highest BCUT2D eigenvalue weighted by atomic mass is 16.5. The van der Waals surface area contributed by atoms with Crippen LogP contribution in [0.25, 0.3) is 0 Å². The molecule has 31 heavy (non-hydrogen) atoms. The van der Waals surface area contributed by atoms with Crippen LogP contribution in [0.15, 0.2) is 0 Å². The Hall–Kier alpha value is -0.860. The van der Waals surface area contributed by atoms with Crippen LogP contribution in [-0.4, -0.2) is 17.9 Å². The Morgan fingerprint density at radius 3 is 2.48 bits per heavy atom. The normalized spacial score (nSPS) is 39.5. The van der Waals surface area contributed by atoms with Gasteiger partial charge in [0.1, 0.15) is 11.9 Å². The second kappa shape index (κ2) is 10.4. The van der Waals surface area contributed by atoms with E-state index in [4.69, 9.17) is 4.74 Å². The van der Waals surface area contributed by atoms with Crippen LogP contribution in [0.2, 0.25) is 0 Å². The lowest BCUT2D eigenvalue weighted by Crippen LogP contribution is -2.50. The van der Waals surface area contributed by atoms with Crippen LogP contribution >= 0.6 is 0 Å². The van der Waals surface area contributed by atoms with Crippen LogP contribution in [0, 0.1) is 35.0 Å². The number of ketones is 1. The van der Waals surface area contributed by atoms with Gasteiger partial charge in [-0.05, 0) is 81.0 Å². The highest BCUT2D eigenvalue weighted by Gasteiger charge is 2.58. The second-order valence-electron chi connectivity index (χ2n) is 11.7. The minimum Gasteiger partial charge on any atom is -0.462 e. The zero-order chi connectivity index (χ0) is 21.8. The molecule has 0 aromatic rings. The second-order valence-corrected chi connectivity index (χ2v) is 11.7. The molecule has 4 aliphatic rings. The van der Waals surface area contributed by atoms with E-state index in [0.29, 0.717) is 18.1 Å². The van der Waals surface area contributed by atoms with E-state index in [1.165, 1.54) is 64.2 Å². The highest BCUT2D eigenvalue weighted by Crippen LogP contribution is 2.62. The summed E-state index contributed by atoms with van der Waals surface area (Å²) in [5.41, 5.74) is 0.189. The number of unbranched alkanes of at least 4 members (excludes halogenated alkanes) is 6. The maximum absolute atomic E-state index is 12.6. The lowest BCUT2D eigenvalue weighted by molar-refractivity contribution is -0.160. The molecule has 0 bridgehead atoms. The maximum Gasteiger partial charge on any atom is 0.306 e. The molecule has 1 unspecified atom stereocenters. The minimum absolute atomic E-state index is 0.0528. The third kappa shape index (κ3) is 5.06. The smallest absolute Gasteiger partial charge is 0.306 e. The van der Waals surface area contributed by atoms with Gasteiger partial charge in [0.15, 0.2) is 0 Å². The van der Waals surface area contributed by atoms with Gasteiger partial charge in [-0.1, -0.05) is 52.4 Å². The first-order chi connectivity index (χ1) is 15.0. The van der Waals surface area contributed by atoms with Crippen LogP contribution in [0.3, 0.4) is 0 Å². The van der Waals surface area contributed by atoms with Crippen molar-refractivity contribution in [3.8, 4) is 0 Å². The molecule has 0 heterocycles. The number of ether oxygens (including phenoxy) is 1. The fraction of sp³-hybridized carbons (Fsp3) is 0.929. The highest BCUT2D eigenvalue weighted by molar-refractivity contribution is 5.79. The van der Waals surface area contributed by atoms with Crippen molar-refractivity contribution in [2.45, 2.75) is 129 Å². The molecule has 0 N–H and O–H groups in total. The van der Waals surface area contributed by atoms with E-state index < -0.39 is 0 Å². The summed E-state index contributed by atoms with van der Waals surface area (Å²) in [6, 6.07) is 0. The van der Waals surface area contributed by atoms with Gasteiger partial charge in [0.25, 0.3) is 0 Å². The lowest BCUT2D eigenvalue weighted by Gasteiger charge is -2.55. The number of carbonyl (C=O) groups excluding carboxylic acids is 2. The first kappa shape index (κ1) is 23.3. The molecule has 3 nitrogen and oxygen atoms in total. The van der Waals surface area contributed by atoms with Crippen LogP contribution in [0.1, 0.15) is 123 Å². The van der Waals surface area contributed by atoms with Crippen LogP contribution in [0.4, 0.5) is 0 Å². The van der Waals surface area contributed by atoms with Gasteiger partial charge in [0, 0.05) is 24.7 Å². The third-order valence-corrected chi connectivity index (χ3v) is 9.94. The largest absolute Gasteiger partial charge is 0.462 e. The molecular formula is C28H46O3. The molecule has 4 fully saturated rings. The Morgan fingerprint density at radius 2 is 1.68 bits per heavy atom. The molecule has 0 spiro atoms. The maximum atomic E-state index is 12.6. The van der Waals surface area contributed by atoms with E-state index in [1.54, 1.807) is 0 Å². The van der Waals surface area contributed by atoms with Crippen molar-refractivity contribution in [1.82, 2.24) is 0 Å². The summed E-state index contributed by atoms with van der Waals surface area (Å²) in [6.07, 6.45) is 19.6. The van der Waals surface area contributed by atoms with Crippen LogP contribution in [0.5, 0.6) is 0 Å². The zero-order valence-corrected chi connectivity index (χ0v) is 20.2. The number of hydrogen-bond donors (Lipinski definition) is 0. The number of rotatable bonds is 9. The van der Waals surface area contributed by atoms with Gasteiger partial charge in [-0.25, -0.2) is 0 Å². The SMILES string of the molecule is CCCCCCCCCC(=O)O[C@H]1CC[C@H]2[C@@H]3CCC4CC(=O)CC[C@@H]4[C@H]3CC[C@]12C. The predicted molar refractivity (Wildman–Crippen MR) is 125 cm³/mol. The molecule has 0 aliphatic heterocycles. The number of fused-ring (bicyclic) bond motifs is 5. The molecule has 3 heteroatoms. The standard InChI is InChI=1S/C28H46O3/c1-3-4-5-6-7-8-9-10-27(30)31-26-16-15-25-24-13-11-20-19-21(29)12-14-22(20)23(24)17-18-28(25,26)2/h20,22-26H,3-19H2,1-2H3/t20?,22-,23+,24+,25-,26-,28-/m0/s1. The van der Waals surface area contributed by atoms with E-state index in [2.05, 4.69) is 13.8 Å². The van der Waals surface area contributed by atoms with Gasteiger partial charge in [0.05, 0.1) is 0 Å². The first-order valence-electron chi connectivity index (χ1n) is 13.7. The Bertz CT molecular complexity index is 628. The molecule has 0 radical (unpaired) electrons. The van der Waals surface area contributed by atoms with Crippen molar-refractivity contribution >= 4 is 11.8 Å². The molecular weight excluding hydrogens is 384 g/mol. The van der Waals surface area contributed by atoms with Crippen molar-refractivity contribution < 1.29 is 14.3 Å². The molecule has 176 valence electrons. The molecule has 4 saturated carbocycles. The molecule has 7 atom stereocenters. The van der Waals surface area contributed by atoms with E-state index in [0.717, 1.165) is 62.2 Å². The average Bonchev–Trinajstić information content (AvgIpc) is 3.09. The Kier molecular flexibility index (Phi) is 7.81. The summed E-state index contributed by atoms with van der Waals surface area (Å²) in [7, 11) is 0. The summed E-state index contributed by atoms with van der Waals surface area (Å²) < 4.78 is 6.15. The molecule has 4 rings (SSSR count). The van der Waals surface area contributed by atoms with Crippen LogP contribution in [-0.2, 0) is 14.3 Å². The topological polar surface area (TPSA) is 43.4 Å². The quantitative estimate of drug-likeness (QED) is 0.285. The van der Waals surface area contributed by atoms with Gasteiger partial charge in [-0.2, -0.15) is 0 Å². The van der Waals surface area contributed by atoms with Gasteiger partial charge in [-0.3, -0.25) is 9.59 Å². The lowest BCUT2D eigenvalue weighted by atomic mass is 9.50. The number of carbonyl (C=O) groups is 2. The van der Waals surface area contributed by atoms with Gasteiger partial charge < -0.3 is 4.74 Å². The number of hydrogen-bond acceptors (Lipinski definition) is 3. The zero-order valence-electron chi connectivity index (χ0n) is 20.2. The summed E-state index contributed by atoms with van der Waals surface area (Å²) in [5, 5.41) is 0. The van der Waals surface area contributed by atoms with E-state index in [9.17, 15) is 9.59 Å². The van der Waals surface area contributed by atoms with Crippen molar-refractivity contribution in [1.29, 1.82) is 0 Å². The molecule has 0 aromatic heterocycles. The van der Waals surface area contributed by atoms with Crippen LogP contribution < -0.4 is 0 Å². The Labute approximate surface area is 190 Å². The molecule has 4 aliphatic carbocycles. The monoisotopic (exact) mass is 430 g/mol. The van der Waals surface area contributed by atoms with Gasteiger partial charge >= 0.3 is 5.97 Å². The van der Waals surface area contributed by atoms with Crippen molar-refractivity contribution in [3.05, 3.63) is 0 Å². The summed E-state index contributed by atoms with van der Waals surface area (Å²) in [4.78, 5) is 24.6. The van der Waals surface area contributed by atoms with Gasteiger partial charge in [0.2, 0.25) is 0 Å². The van der Waals surface area contributed by atoms with Crippen molar-refractivity contribution in [3.63, 3.8) is 0 Å². The van der Waals surface area contributed by atoms with Crippen molar-refractivity contribution in [2.24, 2.45) is 35.0 Å².